The average molecular weight is 347 g/mol. The predicted molar refractivity (Wildman–Crippen MR) is 101 cm³/mol. The van der Waals surface area contributed by atoms with E-state index < -0.39 is 0 Å². The van der Waals surface area contributed by atoms with E-state index in [2.05, 4.69) is 47.6 Å². The van der Waals surface area contributed by atoms with Gasteiger partial charge >= 0.3 is 0 Å². The van der Waals surface area contributed by atoms with Crippen molar-refractivity contribution in [3.63, 3.8) is 0 Å². The monoisotopic (exact) mass is 346 g/mol. The van der Waals surface area contributed by atoms with Crippen LogP contribution in [0.15, 0.2) is 41.2 Å². The number of piperidine rings is 1. The van der Waals surface area contributed by atoms with Gasteiger partial charge in [0.1, 0.15) is 0 Å². The largest absolute Gasteiger partial charge is 0.363 e. The molecule has 0 radical (unpaired) electrons. The molecule has 0 aromatic carbocycles. The van der Waals surface area contributed by atoms with Crippen molar-refractivity contribution in [2.45, 2.75) is 31.8 Å². The molecule has 0 aliphatic carbocycles. The Labute approximate surface area is 147 Å². The first-order valence-corrected chi connectivity index (χ1v) is 9.44. The van der Waals surface area contributed by atoms with Crippen molar-refractivity contribution in [3.8, 4) is 0 Å². The first-order chi connectivity index (χ1) is 11.8. The molecule has 2 aromatic heterocycles. The number of rotatable bonds is 6. The van der Waals surface area contributed by atoms with Gasteiger partial charge in [0.2, 0.25) is 0 Å². The highest BCUT2D eigenvalue weighted by atomic mass is 32.1. The van der Waals surface area contributed by atoms with Crippen LogP contribution in [-0.2, 0) is 6.54 Å². The number of imidazole rings is 1. The summed E-state index contributed by atoms with van der Waals surface area (Å²) in [6, 6.07) is 4.83. The van der Waals surface area contributed by atoms with E-state index in [0.717, 1.165) is 51.4 Å². The second-order valence-electron chi connectivity index (χ2n) is 6.01. The van der Waals surface area contributed by atoms with Gasteiger partial charge in [0.15, 0.2) is 5.96 Å². The van der Waals surface area contributed by atoms with Crippen molar-refractivity contribution in [1.82, 2.24) is 20.2 Å². The molecule has 1 aliphatic heterocycles. The first kappa shape index (κ1) is 16.8. The molecule has 2 aromatic rings. The molecule has 2 N–H and O–H groups in total. The topological polar surface area (TPSA) is 57.5 Å². The number of aliphatic imine (C=N–C) groups is 1. The molecule has 0 bridgehead atoms. The van der Waals surface area contributed by atoms with Gasteiger partial charge in [-0.25, -0.2) is 4.98 Å². The van der Waals surface area contributed by atoms with Gasteiger partial charge in [-0.15, -0.1) is 11.3 Å². The van der Waals surface area contributed by atoms with Gasteiger partial charge in [-0.1, -0.05) is 0 Å². The molecular weight excluding hydrogens is 320 g/mol. The number of hydrogen-bond acceptors (Lipinski definition) is 4. The number of nitrogens with one attached hydrogen (secondary N) is 2. The molecule has 0 saturated carbocycles. The fourth-order valence-electron chi connectivity index (χ4n) is 2.97. The summed E-state index contributed by atoms with van der Waals surface area (Å²) < 4.78 is 2.10. The summed E-state index contributed by atoms with van der Waals surface area (Å²) in [4.78, 5) is 10.9. The Morgan fingerprint density at radius 3 is 2.96 bits per heavy atom. The minimum atomic E-state index is 0.501. The lowest BCUT2D eigenvalue weighted by molar-refractivity contribution is 0.462. The molecule has 3 rings (SSSR count). The Morgan fingerprint density at radius 1 is 1.42 bits per heavy atom. The summed E-state index contributed by atoms with van der Waals surface area (Å²) in [7, 11) is 1.84. The number of anilines is 1. The lowest BCUT2D eigenvalue weighted by atomic mass is 10.1. The summed E-state index contributed by atoms with van der Waals surface area (Å²) in [5.41, 5.74) is 0. The van der Waals surface area contributed by atoms with E-state index in [1.54, 1.807) is 0 Å². The number of aromatic nitrogens is 2. The highest BCUT2D eigenvalue weighted by Crippen LogP contribution is 2.24. The Hall–Kier alpha value is -2.02. The van der Waals surface area contributed by atoms with E-state index in [9.17, 15) is 0 Å². The van der Waals surface area contributed by atoms with Crippen LogP contribution >= 0.6 is 11.3 Å². The van der Waals surface area contributed by atoms with Gasteiger partial charge in [-0.05, 0) is 36.8 Å². The number of thiophene rings is 1. The Kier molecular flexibility index (Phi) is 6.12. The van der Waals surface area contributed by atoms with Crippen LogP contribution in [-0.4, -0.2) is 48.2 Å². The van der Waals surface area contributed by atoms with Gasteiger partial charge < -0.3 is 20.1 Å². The van der Waals surface area contributed by atoms with Crippen LogP contribution in [0.4, 0.5) is 5.00 Å². The quantitative estimate of drug-likeness (QED) is 0.478. The lowest BCUT2D eigenvalue weighted by Crippen LogP contribution is -2.48. The van der Waals surface area contributed by atoms with Crippen LogP contribution in [0.25, 0.3) is 0 Å². The van der Waals surface area contributed by atoms with E-state index in [4.69, 9.17) is 0 Å². The van der Waals surface area contributed by atoms with E-state index in [0.29, 0.717) is 6.04 Å². The molecule has 130 valence electrons. The number of guanidine groups is 1. The van der Waals surface area contributed by atoms with Gasteiger partial charge in [-0.2, -0.15) is 0 Å². The minimum Gasteiger partial charge on any atom is -0.363 e. The molecule has 1 saturated heterocycles. The van der Waals surface area contributed by atoms with Crippen LogP contribution < -0.4 is 15.5 Å². The third kappa shape index (κ3) is 4.74. The van der Waals surface area contributed by atoms with Crippen LogP contribution in [0, 0.1) is 0 Å². The first-order valence-electron chi connectivity index (χ1n) is 8.56. The van der Waals surface area contributed by atoms with E-state index in [1.807, 2.05) is 37.1 Å². The standard InChI is InChI=1S/C17H26N6S/c1-18-17(20-7-3-9-22-12-8-19-14-22)21-15-5-10-23(11-6-15)16-4-2-13-24-16/h2,4,8,12-15H,3,5-7,9-11H2,1H3,(H2,18,20,21). The van der Waals surface area contributed by atoms with Crippen molar-refractivity contribution < 1.29 is 0 Å². The summed E-state index contributed by atoms with van der Waals surface area (Å²) in [5, 5.41) is 10.5. The van der Waals surface area contributed by atoms with Crippen molar-refractivity contribution in [2.75, 3.05) is 31.6 Å². The molecule has 0 amide bonds. The van der Waals surface area contributed by atoms with E-state index in [1.165, 1.54) is 5.00 Å². The summed E-state index contributed by atoms with van der Waals surface area (Å²) in [6.07, 6.45) is 9.01. The van der Waals surface area contributed by atoms with E-state index >= 15 is 0 Å². The second-order valence-corrected chi connectivity index (χ2v) is 6.94. The highest BCUT2D eigenvalue weighted by Gasteiger charge is 2.20. The minimum absolute atomic E-state index is 0.501. The van der Waals surface area contributed by atoms with Crippen molar-refractivity contribution in [3.05, 3.63) is 36.2 Å². The molecule has 24 heavy (non-hydrogen) atoms. The summed E-state index contributed by atoms with van der Waals surface area (Å²) in [5.74, 6) is 0.912. The van der Waals surface area contributed by atoms with Gasteiger partial charge in [-0.3, -0.25) is 4.99 Å². The zero-order valence-electron chi connectivity index (χ0n) is 14.2. The predicted octanol–water partition coefficient (Wildman–Crippen LogP) is 2.17. The second kappa shape index (κ2) is 8.73. The highest BCUT2D eigenvalue weighted by molar-refractivity contribution is 7.14. The zero-order valence-corrected chi connectivity index (χ0v) is 15.0. The van der Waals surface area contributed by atoms with Crippen molar-refractivity contribution >= 4 is 22.3 Å². The molecule has 3 heterocycles. The van der Waals surface area contributed by atoms with Crippen LogP contribution in [0.5, 0.6) is 0 Å². The van der Waals surface area contributed by atoms with Crippen molar-refractivity contribution in [1.29, 1.82) is 0 Å². The number of aryl methyl sites for hydroxylation is 1. The smallest absolute Gasteiger partial charge is 0.191 e. The molecule has 0 unspecified atom stereocenters. The Balaban J connectivity index is 1.35. The fraction of sp³-hybridized carbons (Fsp3) is 0.529. The third-order valence-corrected chi connectivity index (χ3v) is 5.25. The fourth-order valence-corrected chi connectivity index (χ4v) is 3.75. The summed E-state index contributed by atoms with van der Waals surface area (Å²) >= 11 is 1.82. The lowest BCUT2D eigenvalue weighted by Gasteiger charge is -2.33. The number of hydrogen-bond donors (Lipinski definition) is 2. The summed E-state index contributed by atoms with van der Waals surface area (Å²) in [6.45, 7) is 4.10. The number of nitrogens with zero attached hydrogens (tertiary/aromatic N) is 4. The molecule has 6 nitrogen and oxygen atoms in total. The normalized spacial score (nSPS) is 16.4. The molecule has 1 aliphatic rings. The third-order valence-electron chi connectivity index (χ3n) is 4.32. The van der Waals surface area contributed by atoms with Gasteiger partial charge in [0.25, 0.3) is 0 Å². The Bertz CT molecular complexity index is 599. The van der Waals surface area contributed by atoms with E-state index in [-0.39, 0.29) is 0 Å². The van der Waals surface area contributed by atoms with Crippen LogP contribution in [0.1, 0.15) is 19.3 Å². The molecule has 7 heteroatoms. The van der Waals surface area contributed by atoms with Crippen molar-refractivity contribution in [2.24, 2.45) is 4.99 Å². The molecular formula is C17H26N6S. The van der Waals surface area contributed by atoms with Crippen LogP contribution in [0.2, 0.25) is 0 Å². The maximum absolute atomic E-state index is 4.35. The maximum Gasteiger partial charge on any atom is 0.191 e. The zero-order chi connectivity index (χ0) is 16.6. The molecule has 1 fully saturated rings. The molecule has 0 atom stereocenters. The van der Waals surface area contributed by atoms with Gasteiger partial charge in [0.05, 0.1) is 11.3 Å². The Morgan fingerprint density at radius 2 is 2.29 bits per heavy atom. The molecule has 0 spiro atoms. The average Bonchev–Trinajstić information content (AvgIpc) is 3.31. The van der Waals surface area contributed by atoms with Crippen LogP contribution in [0.3, 0.4) is 0 Å². The maximum atomic E-state index is 4.35. The van der Waals surface area contributed by atoms with Gasteiger partial charge in [0, 0.05) is 51.7 Å². The SMILES string of the molecule is CN=C(NCCCn1ccnc1)NC1CCN(c2cccs2)CC1.